The van der Waals surface area contributed by atoms with Crippen molar-refractivity contribution in [2.75, 3.05) is 17.2 Å². The van der Waals surface area contributed by atoms with Crippen LogP contribution in [0.3, 0.4) is 0 Å². The predicted molar refractivity (Wildman–Crippen MR) is 107 cm³/mol. The molecule has 3 N–H and O–H groups in total. The molecule has 170 valence electrons. The van der Waals surface area contributed by atoms with Gasteiger partial charge in [-0.1, -0.05) is 0 Å². The highest BCUT2D eigenvalue weighted by atomic mass is 19.3. The summed E-state index contributed by atoms with van der Waals surface area (Å²) in [6, 6.07) is 5.55. The third-order valence-corrected chi connectivity index (χ3v) is 5.11. The first-order chi connectivity index (χ1) is 15.0. The Kier molecular flexibility index (Phi) is 5.21. The molecule has 12 heteroatoms. The van der Waals surface area contributed by atoms with Crippen LogP contribution in [0.5, 0.6) is 5.75 Å². The Bertz CT molecular complexity index is 1150. The van der Waals surface area contributed by atoms with Crippen molar-refractivity contribution in [2.24, 2.45) is 0 Å². The normalized spacial score (nSPS) is 23.1. The predicted octanol–water partition coefficient (Wildman–Crippen LogP) is 1.52. The lowest BCUT2D eigenvalue weighted by molar-refractivity contribution is -0.129. The number of rotatable bonds is 4. The van der Waals surface area contributed by atoms with Crippen LogP contribution in [0.1, 0.15) is 36.9 Å². The number of aliphatic hydroxyl groups excluding tert-OH is 1. The Hall–Kier alpha value is -3.38. The third-order valence-electron chi connectivity index (χ3n) is 5.11. The molecule has 2 amide bonds. The fraction of sp³-hybridized carbons (Fsp3) is 0.400. The molecule has 0 aliphatic carbocycles. The average Bonchev–Trinajstić information content (AvgIpc) is 3.02. The van der Waals surface area contributed by atoms with Crippen LogP contribution in [0.15, 0.2) is 35.3 Å². The number of nitrogens with zero attached hydrogens (tertiary/aromatic N) is 2. The number of amides is 2. The number of benzene rings is 1. The summed E-state index contributed by atoms with van der Waals surface area (Å²) < 4.78 is 39.6. The zero-order valence-electron chi connectivity index (χ0n) is 17.1. The van der Waals surface area contributed by atoms with Gasteiger partial charge in [0, 0.05) is 18.2 Å². The highest BCUT2D eigenvalue weighted by Gasteiger charge is 2.51. The first kappa shape index (κ1) is 21.8. The van der Waals surface area contributed by atoms with Gasteiger partial charge in [-0.25, -0.2) is 13.6 Å². The summed E-state index contributed by atoms with van der Waals surface area (Å²) in [5.74, 6) is -4.17. The second kappa shape index (κ2) is 7.64. The number of carbonyl (C=O) groups is 2. The molecule has 2 unspecified atom stereocenters. The van der Waals surface area contributed by atoms with E-state index in [9.17, 15) is 23.2 Å². The number of ether oxygens (including phenoxy) is 2. The van der Waals surface area contributed by atoms with Crippen LogP contribution in [0.4, 0.5) is 20.3 Å². The maximum atomic E-state index is 14.1. The number of anilines is 2. The van der Waals surface area contributed by atoms with E-state index in [1.165, 1.54) is 24.3 Å². The van der Waals surface area contributed by atoms with Crippen molar-refractivity contribution in [1.29, 1.82) is 0 Å². The molecule has 1 saturated heterocycles. The van der Waals surface area contributed by atoms with Gasteiger partial charge in [0.25, 0.3) is 17.7 Å². The van der Waals surface area contributed by atoms with Crippen LogP contribution in [0.25, 0.3) is 0 Å². The molecule has 2 aliphatic heterocycles. The monoisotopic (exact) mass is 450 g/mol. The van der Waals surface area contributed by atoms with E-state index in [-0.39, 0.29) is 17.3 Å². The van der Waals surface area contributed by atoms with Crippen molar-refractivity contribution in [1.82, 2.24) is 9.55 Å². The molecule has 0 radical (unpaired) electrons. The number of aliphatic hydroxyl groups is 1. The lowest BCUT2D eigenvalue weighted by Gasteiger charge is -2.31. The molecule has 3 heterocycles. The summed E-state index contributed by atoms with van der Waals surface area (Å²) in [7, 11) is 0. The van der Waals surface area contributed by atoms with Gasteiger partial charge in [0.1, 0.15) is 11.6 Å². The minimum atomic E-state index is -3.37. The summed E-state index contributed by atoms with van der Waals surface area (Å²) in [6.07, 6.45) is -2.68. The third kappa shape index (κ3) is 3.94. The SMILES string of the molecule is CC1(C)Oc2cc(C(=O)Nc3ccn(C4OC(CO)CC4(F)F)c(=O)n3)ccc2NC1=O. The number of hydrogen-bond acceptors (Lipinski definition) is 7. The van der Waals surface area contributed by atoms with Gasteiger partial charge in [-0.15, -0.1) is 0 Å². The minimum Gasteiger partial charge on any atom is -0.476 e. The topological polar surface area (TPSA) is 132 Å². The molecule has 0 saturated carbocycles. The summed E-state index contributed by atoms with van der Waals surface area (Å²) in [5.41, 5.74) is -1.60. The van der Waals surface area contributed by atoms with Crippen molar-refractivity contribution < 1.29 is 33.0 Å². The van der Waals surface area contributed by atoms with Crippen molar-refractivity contribution in [2.45, 2.75) is 44.1 Å². The molecule has 0 spiro atoms. The van der Waals surface area contributed by atoms with E-state index in [0.29, 0.717) is 16.0 Å². The Labute approximate surface area is 180 Å². The van der Waals surface area contributed by atoms with Gasteiger partial charge in [-0.3, -0.25) is 14.2 Å². The maximum absolute atomic E-state index is 14.1. The second-order valence-electron chi connectivity index (χ2n) is 7.99. The summed E-state index contributed by atoms with van der Waals surface area (Å²) in [6.45, 7) is 2.56. The van der Waals surface area contributed by atoms with E-state index < -0.39 is 48.5 Å². The molecule has 1 fully saturated rings. The van der Waals surface area contributed by atoms with Gasteiger partial charge >= 0.3 is 5.69 Å². The Balaban J connectivity index is 1.52. The molecule has 1 aromatic heterocycles. The average molecular weight is 450 g/mol. The molecule has 2 atom stereocenters. The molecule has 0 bridgehead atoms. The van der Waals surface area contributed by atoms with Crippen LogP contribution >= 0.6 is 0 Å². The molecule has 4 rings (SSSR count). The smallest absolute Gasteiger partial charge is 0.351 e. The van der Waals surface area contributed by atoms with Gasteiger partial charge in [-0.2, -0.15) is 4.98 Å². The maximum Gasteiger partial charge on any atom is 0.351 e. The van der Waals surface area contributed by atoms with Crippen molar-refractivity contribution in [3.05, 3.63) is 46.5 Å². The van der Waals surface area contributed by atoms with E-state index in [4.69, 9.17) is 14.6 Å². The fourth-order valence-corrected chi connectivity index (χ4v) is 3.41. The first-order valence-corrected chi connectivity index (χ1v) is 9.69. The Morgan fingerprint density at radius 3 is 2.75 bits per heavy atom. The van der Waals surface area contributed by atoms with Gasteiger partial charge in [0.15, 0.2) is 5.60 Å². The van der Waals surface area contributed by atoms with Crippen LogP contribution < -0.4 is 21.1 Å². The van der Waals surface area contributed by atoms with Crippen LogP contribution in [0, 0.1) is 0 Å². The zero-order valence-corrected chi connectivity index (χ0v) is 17.1. The van der Waals surface area contributed by atoms with E-state index in [0.717, 1.165) is 6.20 Å². The lowest BCUT2D eigenvalue weighted by atomic mass is 10.0. The van der Waals surface area contributed by atoms with Crippen molar-refractivity contribution in [3.63, 3.8) is 0 Å². The number of aromatic nitrogens is 2. The molecule has 2 aromatic rings. The van der Waals surface area contributed by atoms with E-state index in [2.05, 4.69) is 15.6 Å². The Morgan fingerprint density at radius 1 is 1.34 bits per heavy atom. The highest BCUT2D eigenvalue weighted by molar-refractivity contribution is 6.06. The van der Waals surface area contributed by atoms with Gasteiger partial charge in [0.05, 0.1) is 18.4 Å². The highest BCUT2D eigenvalue weighted by Crippen LogP contribution is 2.41. The quantitative estimate of drug-likeness (QED) is 0.644. The number of hydrogen-bond donors (Lipinski definition) is 3. The van der Waals surface area contributed by atoms with Gasteiger partial charge in [-0.05, 0) is 38.1 Å². The van der Waals surface area contributed by atoms with Crippen molar-refractivity contribution in [3.8, 4) is 5.75 Å². The number of halogens is 2. The number of alkyl halides is 2. The molecule has 32 heavy (non-hydrogen) atoms. The molecule has 2 aliphatic rings. The standard InChI is InChI=1S/C20H20F2N4O6/c1-19(2)16(29)23-12-4-3-10(7-13(12)32-19)15(28)24-14-5-6-26(18(30)25-14)17-20(21,22)8-11(9-27)31-17/h3-7,11,17,27H,8-9H2,1-2H3,(H,23,29)(H,24,25,28,30). The molecular weight excluding hydrogens is 430 g/mol. The second-order valence-corrected chi connectivity index (χ2v) is 7.99. The van der Waals surface area contributed by atoms with E-state index in [1.54, 1.807) is 13.8 Å². The molecule has 1 aromatic carbocycles. The summed E-state index contributed by atoms with van der Waals surface area (Å²) >= 11 is 0. The molecular formula is C20H20F2N4O6. The largest absolute Gasteiger partial charge is 0.476 e. The fourth-order valence-electron chi connectivity index (χ4n) is 3.41. The zero-order chi connectivity index (χ0) is 23.3. The van der Waals surface area contributed by atoms with E-state index in [1.807, 2.05) is 0 Å². The minimum absolute atomic E-state index is 0.149. The number of fused-ring (bicyclic) bond motifs is 1. The van der Waals surface area contributed by atoms with Crippen LogP contribution in [0.2, 0.25) is 0 Å². The number of carbonyl (C=O) groups excluding carboxylic acids is 2. The Morgan fingerprint density at radius 2 is 2.09 bits per heavy atom. The van der Waals surface area contributed by atoms with Gasteiger partial charge in [0.2, 0.25) is 6.23 Å². The van der Waals surface area contributed by atoms with Gasteiger partial charge < -0.3 is 25.2 Å². The van der Waals surface area contributed by atoms with E-state index >= 15 is 0 Å². The molecule has 10 nitrogen and oxygen atoms in total. The first-order valence-electron chi connectivity index (χ1n) is 9.69. The van der Waals surface area contributed by atoms with Crippen molar-refractivity contribution >= 4 is 23.3 Å². The summed E-state index contributed by atoms with van der Waals surface area (Å²) in [4.78, 5) is 40.5. The van der Waals surface area contributed by atoms with Crippen LogP contribution in [-0.2, 0) is 9.53 Å². The number of nitrogens with one attached hydrogen (secondary N) is 2. The lowest BCUT2D eigenvalue weighted by Crippen LogP contribution is -2.45. The van der Waals surface area contributed by atoms with Crippen LogP contribution in [-0.4, -0.2) is 50.7 Å². The summed E-state index contributed by atoms with van der Waals surface area (Å²) in [5, 5.41) is 14.2.